The number of halogens is 5. The van der Waals surface area contributed by atoms with E-state index in [1.54, 1.807) is 0 Å². The van der Waals surface area contributed by atoms with E-state index in [1.165, 1.54) is 13.2 Å². The Morgan fingerprint density at radius 3 is 2.26 bits per heavy atom. The molecule has 5 rings (SSSR count). The average molecular weight is 611 g/mol. The summed E-state index contributed by atoms with van der Waals surface area (Å²) in [4.78, 5) is 38.1. The molecule has 3 fully saturated rings. The molecule has 3 saturated carbocycles. The summed E-state index contributed by atoms with van der Waals surface area (Å²) in [6, 6.07) is 3.79. The number of fused-ring (bicyclic) bond motifs is 2. The number of rotatable bonds is 8. The second kappa shape index (κ2) is 12.0. The number of alkyl halides is 3. The number of amides is 2. The van der Waals surface area contributed by atoms with Crippen LogP contribution in [0.2, 0.25) is 0 Å². The van der Waals surface area contributed by atoms with Crippen molar-refractivity contribution in [3.8, 4) is 11.5 Å². The number of aliphatic carboxylic acids is 1. The third-order valence-corrected chi connectivity index (χ3v) is 8.87. The van der Waals surface area contributed by atoms with E-state index in [2.05, 4.69) is 10.6 Å². The van der Waals surface area contributed by atoms with Crippen LogP contribution in [-0.4, -0.2) is 42.1 Å². The van der Waals surface area contributed by atoms with Gasteiger partial charge in [0.1, 0.15) is 11.6 Å². The maximum Gasteiger partial charge on any atom is 0.419 e. The summed E-state index contributed by atoms with van der Waals surface area (Å²) in [5.41, 5.74) is -1.75. The molecule has 2 amide bonds. The van der Waals surface area contributed by atoms with Gasteiger partial charge in [0, 0.05) is 17.8 Å². The number of carbonyl (C=O) groups excluding carboxylic acids is 2. The summed E-state index contributed by atoms with van der Waals surface area (Å²) in [5, 5.41) is 14.5. The highest BCUT2D eigenvalue weighted by Gasteiger charge is 2.51. The lowest BCUT2D eigenvalue weighted by atomic mass is 9.83. The lowest BCUT2D eigenvalue weighted by Gasteiger charge is -2.31. The van der Waals surface area contributed by atoms with Crippen LogP contribution in [0.5, 0.6) is 11.5 Å². The van der Waals surface area contributed by atoms with E-state index in [9.17, 15) is 41.4 Å². The molecule has 2 aromatic carbocycles. The molecule has 0 heterocycles. The number of nitrogens with one attached hydrogen (secondary N) is 2. The minimum atomic E-state index is -4.94. The molecule has 0 radical (unpaired) electrons. The van der Waals surface area contributed by atoms with Crippen LogP contribution >= 0.6 is 0 Å². The standard InChI is InChI=1S/C30H31F5N2O6/c1-42-23-13-22(32)24(43-18-7-4-14(5-8-18)29(40)41)12-19(23)27(38)37-26-16-3-2-15(10-16)25(26)28(39)36-17-6-9-21(31)20(11-17)30(33,34)35/h6,9,11-16,18,25-26H,2-5,7-8,10H2,1H3,(H,36,39)(H,37,38)(H,40,41). The molecule has 4 atom stereocenters. The van der Waals surface area contributed by atoms with Gasteiger partial charge in [0.15, 0.2) is 11.6 Å². The van der Waals surface area contributed by atoms with Crippen LogP contribution in [0.15, 0.2) is 30.3 Å². The van der Waals surface area contributed by atoms with Crippen LogP contribution in [-0.2, 0) is 15.8 Å². The van der Waals surface area contributed by atoms with E-state index >= 15 is 0 Å². The van der Waals surface area contributed by atoms with Gasteiger partial charge in [0.2, 0.25) is 5.91 Å². The molecule has 43 heavy (non-hydrogen) atoms. The van der Waals surface area contributed by atoms with Crippen LogP contribution in [0, 0.1) is 35.3 Å². The van der Waals surface area contributed by atoms with Gasteiger partial charge >= 0.3 is 12.1 Å². The molecule has 0 spiro atoms. The van der Waals surface area contributed by atoms with Crippen molar-refractivity contribution < 1.29 is 50.9 Å². The molecule has 13 heteroatoms. The Bertz CT molecular complexity index is 1410. The first-order valence-electron chi connectivity index (χ1n) is 14.1. The van der Waals surface area contributed by atoms with Gasteiger partial charge in [-0.1, -0.05) is 0 Å². The topological polar surface area (TPSA) is 114 Å². The summed E-state index contributed by atoms with van der Waals surface area (Å²) in [5.74, 6) is -6.01. The molecule has 0 aromatic heterocycles. The third kappa shape index (κ3) is 6.40. The Labute approximate surface area is 243 Å². The number of ether oxygens (including phenoxy) is 2. The van der Waals surface area contributed by atoms with E-state index in [4.69, 9.17) is 9.47 Å². The number of hydrogen-bond donors (Lipinski definition) is 3. The maximum atomic E-state index is 14.9. The molecule has 3 aliphatic rings. The van der Waals surface area contributed by atoms with Gasteiger partial charge in [0.05, 0.1) is 36.2 Å². The lowest BCUT2D eigenvalue weighted by Crippen LogP contribution is -2.48. The van der Waals surface area contributed by atoms with Crippen LogP contribution in [0.1, 0.15) is 60.9 Å². The molecule has 2 bridgehead atoms. The van der Waals surface area contributed by atoms with E-state index in [1.807, 2.05) is 0 Å². The first-order chi connectivity index (χ1) is 20.3. The second-order valence-corrected chi connectivity index (χ2v) is 11.5. The molecule has 232 valence electrons. The van der Waals surface area contributed by atoms with Crippen molar-refractivity contribution in [3.63, 3.8) is 0 Å². The number of carboxylic acids is 1. The second-order valence-electron chi connectivity index (χ2n) is 11.5. The zero-order chi connectivity index (χ0) is 31.1. The zero-order valence-corrected chi connectivity index (χ0v) is 23.2. The van der Waals surface area contributed by atoms with Crippen molar-refractivity contribution in [1.82, 2.24) is 5.32 Å². The molecule has 0 saturated heterocycles. The van der Waals surface area contributed by atoms with E-state index < -0.39 is 65.1 Å². The molecule has 2 aromatic rings. The minimum absolute atomic E-state index is 0.0339. The molecule has 4 unspecified atom stereocenters. The summed E-state index contributed by atoms with van der Waals surface area (Å²) >= 11 is 0. The van der Waals surface area contributed by atoms with Crippen molar-refractivity contribution in [3.05, 3.63) is 53.1 Å². The van der Waals surface area contributed by atoms with E-state index in [-0.39, 0.29) is 34.6 Å². The van der Waals surface area contributed by atoms with E-state index in [0.717, 1.165) is 18.6 Å². The first-order valence-corrected chi connectivity index (χ1v) is 14.1. The quantitative estimate of drug-likeness (QED) is 0.326. The molecule has 0 aliphatic heterocycles. The van der Waals surface area contributed by atoms with Gasteiger partial charge < -0.3 is 25.2 Å². The summed E-state index contributed by atoms with van der Waals surface area (Å²) in [6.07, 6.45) is -1.72. The first kappa shape index (κ1) is 30.6. The van der Waals surface area contributed by atoms with Crippen molar-refractivity contribution >= 4 is 23.5 Å². The fourth-order valence-electron chi connectivity index (χ4n) is 6.73. The molecular weight excluding hydrogens is 579 g/mol. The Morgan fingerprint density at radius 1 is 0.907 bits per heavy atom. The number of anilines is 1. The van der Waals surface area contributed by atoms with Gasteiger partial charge in [-0.15, -0.1) is 0 Å². The zero-order valence-electron chi connectivity index (χ0n) is 23.2. The highest BCUT2D eigenvalue weighted by molar-refractivity contribution is 5.99. The number of methoxy groups -OCH3 is 1. The van der Waals surface area contributed by atoms with Crippen LogP contribution < -0.4 is 20.1 Å². The summed E-state index contributed by atoms with van der Waals surface area (Å²) in [7, 11) is 1.27. The van der Waals surface area contributed by atoms with Gasteiger partial charge in [-0.05, 0) is 81.0 Å². The molecule has 3 N–H and O–H groups in total. The predicted octanol–water partition coefficient (Wildman–Crippen LogP) is 5.80. The molecule has 8 nitrogen and oxygen atoms in total. The largest absolute Gasteiger partial charge is 0.496 e. The van der Waals surface area contributed by atoms with Crippen molar-refractivity contribution in [2.24, 2.45) is 23.7 Å². The average Bonchev–Trinajstić information content (AvgIpc) is 3.56. The number of benzene rings is 2. The smallest absolute Gasteiger partial charge is 0.419 e. The van der Waals surface area contributed by atoms with Crippen LogP contribution in [0.4, 0.5) is 27.6 Å². The predicted molar refractivity (Wildman–Crippen MR) is 143 cm³/mol. The number of carboxylic acid groups (broad SMARTS) is 1. The highest BCUT2D eigenvalue weighted by atomic mass is 19.4. The van der Waals surface area contributed by atoms with Crippen molar-refractivity contribution in [1.29, 1.82) is 0 Å². The molecule has 3 aliphatic carbocycles. The number of carbonyl (C=O) groups is 3. The van der Waals surface area contributed by atoms with E-state index in [0.29, 0.717) is 50.7 Å². The Kier molecular flexibility index (Phi) is 8.53. The Hall–Kier alpha value is -3.90. The molecular formula is C30H31F5N2O6. The number of hydrogen-bond acceptors (Lipinski definition) is 5. The SMILES string of the molecule is COc1cc(F)c(OC2CCC(C(=O)O)CC2)cc1C(=O)NC1C2CCC(C2)C1C(=O)Nc1ccc(F)c(C(F)(F)F)c1. The van der Waals surface area contributed by atoms with Crippen molar-refractivity contribution in [2.75, 3.05) is 12.4 Å². The normalized spacial score (nSPS) is 26.6. The van der Waals surface area contributed by atoms with Gasteiger partial charge in [-0.25, -0.2) is 8.78 Å². The minimum Gasteiger partial charge on any atom is -0.496 e. The van der Waals surface area contributed by atoms with Crippen molar-refractivity contribution in [2.45, 2.75) is 63.3 Å². The van der Waals surface area contributed by atoms with Crippen LogP contribution in [0.3, 0.4) is 0 Å². The van der Waals surface area contributed by atoms with Crippen LogP contribution in [0.25, 0.3) is 0 Å². The highest BCUT2D eigenvalue weighted by Crippen LogP contribution is 2.49. The third-order valence-electron chi connectivity index (χ3n) is 8.87. The summed E-state index contributed by atoms with van der Waals surface area (Å²) < 4.78 is 79.2. The fraction of sp³-hybridized carbons (Fsp3) is 0.500. The monoisotopic (exact) mass is 610 g/mol. The fourth-order valence-corrected chi connectivity index (χ4v) is 6.73. The van der Waals surface area contributed by atoms with Gasteiger partial charge in [0.25, 0.3) is 5.91 Å². The van der Waals surface area contributed by atoms with Gasteiger partial charge in [-0.3, -0.25) is 14.4 Å². The summed E-state index contributed by atoms with van der Waals surface area (Å²) in [6.45, 7) is 0. The lowest BCUT2D eigenvalue weighted by molar-refractivity contribution is -0.143. The Balaban J connectivity index is 1.32. The Morgan fingerprint density at radius 2 is 1.60 bits per heavy atom. The maximum absolute atomic E-state index is 14.9. The van der Waals surface area contributed by atoms with Gasteiger partial charge in [-0.2, -0.15) is 13.2 Å².